The van der Waals surface area contributed by atoms with Crippen molar-refractivity contribution in [1.82, 2.24) is 0 Å². The van der Waals surface area contributed by atoms with Gasteiger partial charge in [0.1, 0.15) is 36.4 Å². The Labute approximate surface area is 543 Å². The summed E-state index contributed by atoms with van der Waals surface area (Å²) in [5.41, 5.74) is 48.3. The number of carboxylic acids is 6. The lowest BCUT2D eigenvalue weighted by molar-refractivity contribution is -0.150. The lowest BCUT2D eigenvalue weighted by Gasteiger charge is -2.19. The quantitative estimate of drug-likeness (QED) is 0.0103. The van der Waals surface area contributed by atoms with Gasteiger partial charge in [-0.1, -0.05) is 108 Å². The molecular formula is C63H102N12O18. The molecule has 522 valence electrons. The molecule has 0 aliphatic heterocycles. The number of carboxylic acid groups (broad SMARTS) is 6. The van der Waals surface area contributed by atoms with Crippen LogP contribution in [0.1, 0.15) is 223 Å². The van der Waals surface area contributed by atoms with Crippen LogP contribution in [0.2, 0.25) is 0 Å². The first-order valence-electron chi connectivity index (χ1n) is 30.5. The number of aromatic carboxylic acids is 3. The van der Waals surface area contributed by atoms with Gasteiger partial charge >= 0.3 is 53.7 Å². The predicted octanol–water partition coefficient (Wildman–Crippen LogP) is 6.06. The van der Waals surface area contributed by atoms with Gasteiger partial charge in [-0.25, -0.2) is 14.4 Å². The predicted molar refractivity (Wildman–Crippen MR) is 353 cm³/mol. The number of hydrogen-bond acceptors (Lipinski definition) is 18. The molecule has 0 saturated carbocycles. The topological polar surface area (TPSA) is 574 Å². The summed E-state index contributed by atoms with van der Waals surface area (Å²) in [6.45, 7) is 12.4. The van der Waals surface area contributed by atoms with Gasteiger partial charge in [-0.2, -0.15) is 0 Å². The Morgan fingerprint density at radius 3 is 0.882 bits per heavy atom. The van der Waals surface area contributed by atoms with Crippen LogP contribution in [0.4, 0.5) is 0 Å². The minimum absolute atomic E-state index is 0.0129. The summed E-state index contributed by atoms with van der Waals surface area (Å²) in [7, 11) is 0. The average molecular weight is 1320 g/mol. The number of benzene rings is 3. The highest BCUT2D eigenvalue weighted by atomic mass is 16.6. The molecule has 0 bridgehead atoms. The zero-order chi connectivity index (χ0) is 71.4. The summed E-state index contributed by atoms with van der Waals surface area (Å²) >= 11 is 0. The van der Waals surface area contributed by atoms with Crippen LogP contribution in [0, 0.1) is 0 Å². The lowest BCUT2D eigenvalue weighted by Crippen LogP contribution is -2.30. The first-order valence-corrected chi connectivity index (χ1v) is 30.5. The van der Waals surface area contributed by atoms with E-state index in [-0.39, 0.29) is 52.9 Å². The van der Waals surface area contributed by atoms with Gasteiger partial charge in [0.2, 0.25) is 0 Å². The highest BCUT2D eigenvalue weighted by Gasteiger charge is 2.24. The van der Waals surface area contributed by atoms with Crippen molar-refractivity contribution in [2.75, 3.05) is 19.6 Å². The minimum Gasteiger partial charge on any atom is -0.480 e. The van der Waals surface area contributed by atoms with Crippen molar-refractivity contribution < 1.29 is 88.0 Å². The van der Waals surface area contributed by atoms with Crippen molar-refractivity contribution in [3.63, 3.8) is 0 Å². The Balaban J connectivity index is -0.00000106. The fraction of sp³-hybridized carbons (Fsp3) is 0.524. The molecule has 6 atom stereocenters. The number of rotatable bonds is 36. The second-order valence-corrected chi connectivity index (χ2v) is 20.4. The Morgan fingerprint density at radius 1 is 0.387 bits per heavy atom. The van der Waals surface area contributed by atoms with E-state index in [9.17, 15) is 53.4 Å². The fourth-order valence-electron chi connectivity index (χ4n) is 7.71. The molecule has 30 heteroatoms. The molecule has 3 aromatic rings. The Kier molecular flexibility index (Phi) is 50.3. The average Bonchev–Trinajstić information content (AvgIpc) is 0.898. The summed E-state index contributed by atoms with van der Waals surface area (Å²) < 4.78 is 16.1. The molecule has 24 N–H and O–H groups in total. The molecule has 0 aliphatic carbocycles. The Morgan fingerprint density at radius 2 is 0.656 bits per heavy atom. The molecular weight excluding hydrogens is 1210 g/mol. The van der Waals surface area contributed by atoms with Crippen LogP contribution < -0.4 is 51.6 Å². The summed E-state index contributed by atoms with van der Waals surface area (Å²) in [5, 5.41) is 52.7. The maximum Gasteiger partial charge on any atom is 0.336 e. The molecule has 0 aromatic heterocycles. The first kappa shape index (κ1) is 87.8. The normalized spacial score (nSPS) is 12.0. The maximum absolute atomic E-state index is 11.7. The standard InChI is InChI=1S/C16H22O4.C15H20O4.C14H18O4.3C6H14N4O2/c1-3-5-11-14(20-15(17)8-4-2)12-9-6-7-10-13(12)16(18)19;1-3-5-10-13(19-14(16)4-2)11-8-6-7-9-12(11)15(17)18;1-3-4-9-13(18-10(2)15)11-7-5-6-8-12(11)14(16)17;3*7-4(5(11)12)2-1-3-10-6(8)9/h6-7,9-10,14H,3-5,8,11H2,1-2H3,(H,18,19);6-9,13H,3-5,10H2,1-2H3,(H,17,18);5-8,13H,3-4,9H2,1-2H3,(H,16,17);3*4H,1-3,7H2,(H,11,12)(H4,8,9,10)/t;;;3*4-/m...000/s1. The molecule has 0 amide bonds. The van der Waals surface area contributed by atoms with Crippen LogP contribution in [0.25, 0.3) is 0 Å². The van der Waals surface area contributed by atoms with E-state index in [0.29, 0.717) is 101 Å². The SMILES string of the molecule is CCCCC(OC(=O)CC)c1ccccc1C(=O)O.CCCCC(OC(=O)CCC)c1ccccc1C(=O)O.CCCCC(OC(C)=O)c1ccccc1C(=O)O.NC(N)=NCCC[C@H](N)C(=O)O.NC(N)=NCCC[C@H](N)C(=O)O.NC(N)=NCCC[C@H](N)C(=O)O. The molecule has 3 rings (SSSR count). The first-order chi connectivity index (χ1) is 43.9. The number of carbonyl (C=O) groups excluding carboxylic acids is 3. The number of hydrogen-bond donors (Lipinski definition) is 15. The number of aliphatic imine (C=N–C) groups is 3. The van der Waals surface area contributed by atoms with Crippen LogP contribution >= 0.6 is 0 Å². The second-order valence-electron chi connectivity index (χ2n) is 20.4. The number of unbranched alkanes of at least 4 members (excludes halogenated alkanes) is 3. The van der Waals surface area contributed by atoms with Crippen molar-refractivity contribution in [2.24, 2.45) is 66.6 Å². The van der Waals surface area contributed by atoms with Crippen molar-refractivity contribution in [2.45, 2.75) is 194 Å². The molecule has 93 heavy (non-hydrogen) atoms. The third-order valence-corrected chi connectivity index (χ3v) is 12.5. The third kappa shape index (κ3) is 44.7. The number of carbonyl (C=O) groups is 9. The number of guanidine groups is 3. The van der Waals surface area contributed by atoms with Crippen molar-refractivity contribution in [3.05, 3.63) is 106 Å². The van der Waals surface area contributed by atoms with Gasteiger partial charge in [0.05, 0.1) is 16.7 Å². The van der Waals surface area contributed by atoms with E-state index in [1.807, 2.05) is 27.7 Å². The second kappa shape index (κ2) is 53.3. The fourth-order valence-corrected chi connectivity index (χ4v) is 7.71. The summed E-state index contributed by atoms with van der Waals surface area (Å²) in [5.74, 6) is -6.92. The van der Waals surface area contributed by atoms with Crippen molar-refractivity contribution >= 4 is 71.6 Å². The zero-order valence-electron chi connectivity index (χ0n) is 54.4. The highest BCUT2D eigenvalue weighted by Crippen LogP contribution is 2.30. The van der Waals surface area contributed by atoms with E-state index in [1.165, 1.54) is 19.1 Å². The molecule has 0 aliphatic rings. The monoisotopic (exact) mass is 1310 g/mol. The van der Waals surface area contributed by atoms with Crippen LogP contribution in [-0.2, 0) is 43.0 Å². The van der Waals surface area contributed by atoms with Crippen LogP contribution in [0.5, 0.6) is 0 Å². The van der Waals surface area contributed by atoms with Crippen molar-refractivity contribution in [1.29, 1.82) is 0 Å². The Bertz CT molecular complexity index is 2700. The number of nitrogens with two attached hydrogens (primary N) is 9. The van der Waals surface area contributed by atoms with Gasteiger partial charge < -0.3 is 96.5 Å². The summed E-state index contributed by atoms with van der Waals surface area (Å²) in [6.07, 6.45) is 10.3. The van der Waals surface area contributed by atoms with Gasteiger partial charge in [-0.05, 0) is 102 Å². The number of esters is 3. The Hall–Kier alpha value is -9.42. The largest absolute Gasteiger partial charge is 0.480 e. The van der Waals surface area contributed by atoms with Gasteiger partial charge in [-0.15, -0.1) is 0 Å². The van der Waals surface area contributed by atoms with Crippen LogP contribution in [0.3, 0.4) is 0 Å². The number of nitrogens with zero attached hydrogens (tertiary/aromatic N) is 3. The van der Waals surface area contributed by atoms with E-state index < -0.39 is 78.2 Å². The molecule has 0 saturated heterocycles. The lowest BCUT2D eigenvalue weighted by atomic mass is 9.98. The van der Waals surface area contributed by atoms with Crippen LogP contribution in [0.15, 0.2) is 87.8 Å². The third-order valence-electron chi connectivity index (χ3n) is 12.5. The van der Waals surface area contributed by atoms with Gasteiger partial charge in [-0.3, -0.25) is 43.7 Å². The summed E-state index contributed by atoms with van der Waals surface area (Å²) in [6, 6.07) is 17.6. The highest BCUT2D eigenvalue weighted by molar-refractivity contribution is 5.91. The van der Waals surface area contributed by atoms with E-state index in [0.717, 1.165) is 44.9 Å². The zero-order valence-corrected chi connectivity index (χ0v) is 54.4. The molecule has 3 unspecified atom stereocenters. The molecule has 3 aromatic carbocycles. The van der Waals surface area contributed by atoms with E-state index >= 15 is 0 Å². The molecule has 0 heterocycles. The number of ether oxygens (including phenoxy) is 3. The van der Waals surface area contributed by atoms with E-state index in [4.69, 9.17) is 86.2 Å². The van der Waals surface area contributed by atoms with Gasteiger partial charge in [0.25, 0.3) is 0 Å². The molecule has 0 spiro atoms. The minimum atomic E-state index is -1.00. The van der Waals surface area contributed by atoms with Gasteiger partial charge in [0.15, 0.2) is 17.9 Å². The maximum atomic E-state index is 11.7. The molecule has 0 radical (unpaired) electrons. The summed E-state index contributed by atoms with van der Waals surface area (Å²) in [4.78, 5) is 110. The molecule has 0 fully saturated rings. The van der Waals surface area contributed by atoms with Crippen molar-refractivity contribution in [3.8, 4) is 0 Å². The molecule has 30 nitrogen and oxygen atoms in total. The van der Waals surface area contributed by atoms with E-state index in [2.05, 4.69) is 15.0 Å². The van der Waals surface area contributed by atoms with Gasteiger partial charge in [0, 0.05) is 56.1 Å². The van der Waals surface area contributed by atoms with Crippen LogP contribution in [-0.4, -0.2) is 140 Å². The number of aliphatic carboxylic acids is 3. The van der Waals surface area contributed by atoms with E-state index in [1.54, 1.807) is 67.6 Å². The smallest absolute Gasteiger partial charge is 0.336 e.